The lowest BCUT2D eigenvalue weighted by Crippen LogP contribution is -2.36. The molecule has 2 unspecified atom stereocenters. The Hall–Kier alpha value is -1.17. The summed E-state index contributed by atoms with van der Waals surface area (Å²) < 4.78 is 5.55. The molecule has 2 atom stereocenters. The third-order valence-electron chi connectivity index (χ3n) is 3.76. The number of hydrogen-bond donors (Lipinski definition) is 2. The van der Waals surface area contributed by atoms with Crippen LogP contribution in [0.5, 0.6) is 0 Å². The minimum atomic E-state index is -1.03. The molecule has 0 aromatic carbocycles. The topological polar surface area (TPSA) is 58.3 Å². The molecule has 0 aliphatic carbocycles. The first-order chi connectivity index (χ1) is 10.2. The summed E-state index contributed by atoms with van der Waals surface area (Å²) in [6.07, 6.45) is 0. The van der Waals surface area contributed by atoms with E-state index in [0.29, 0.717) is 18.2 Å². The van der Waals surface area contributed by atoms with Crippen molar-refractivity contribution in [3.05, 3.63) is 39.2 Å². The summed E-state index contributed by atoms with van der Waals surface area (Å²) >= 11 is 1.75. The van der Waals surface area contributed by atoms with Crippen molar-refractivity contribution in [1.82, 2.24) is 10.3 Å². The molecule has 0 bridgehead atoms. The van der Waals surface area contributed by atoms with Crippen molar-refractivity contribution in [1.29, 1.82) is 0 Å². The molecule has 4 nitrogen and oxygen atoms in total. The molecule has 2 heterocycles. The van der Waals surface area contributed by atoms with Gasteiger partial charge in [-0.1, -0.05) is 13.8 Å². The first-order valence-corrected chi connectivity index (χ1v) is 8.52. The third kappa shape index (κ3) is 3.77. The highest BCUT2D eigenvalue weighted by Gasteiger charge is 2.28. The molecule has 0 saturated heterocycles. The number of nitrogens with zero attached hydrogens (tertiary/aromatic N) is 1. The molecule has 0 radical (unpaired) electrons. The smallest absolute Gasteiger partial charge is 0.136 e. The van der Waals surface area contributed by atoms with E-state index in [-0.39, 0.29) is 6.04 Å². The molecule has 2 aromatic heterocycles. The average Bonchev–Trinajstić information content (AvgIpc) is 3.03. The second kappa shape index (κ2) is 6.52. The average molecular weight is 322 g/mol. The summed E-state index contributed by atoms with van der Waals surface area (Å²) in [5, 5.41) is 15.2. The van der Waals surface area contributed by atoms with Gasteiger partial charge in [0.2, 0.25) is 0 Å². The molecule has 2 aromatic rings. The Morgan fingerprint density at radius 3 is 2.50 bits per heavy atom. The zero-order chi connectivity index (χ0) is 16.5. The number of hydrogen-bond acceptors (Lipinski definition) is 5. The maximum atomic E-state index is 10.6. The van der Waals surface area contributed by atoms with Crippen LogP contribution in [-0.2, 0) is 5.60 Å². The van der Waals surface area contributed by atoms with Gasteiger partial charge in [-0.05, 0) is 39.8 Å². The fraction of sp³-hybridized carbons (Fsp3) is 0.588. The molecule has 0 fully saturated rings. The second-order valence-corrected chi connectivity index (χ2v) is 7.51. The van der Waals surface area contributed by atoms with Crippen LogP contribution >= 0.6 is 11.3 Å². The van der Waals surface area contributed by atoms with Gasteiger partial charge in [-0.15, -0.1) is 11.3 Å². The van der Waals surface area contributed by atoms with Gasteiger partial charge in [0.25, 0.3) is 0 Å². The van der Waals surface area contributed by atoms with Gasteiger partial charge in [-0.2, -0.15) is 0 Å². The molecular formula is C17H26N2O2S. The molecule has 0 aliphatic heterocycles. The van der Waals surface area contributed by atoms with Gasteiger partial charge in [0.1, 0.15) is 17.1 Å². The molecule has 2 N–H and O–H groups in total. The lowest BCUT2D eigenvalue weighted by Gasteiger charge is -2.24. The maximum Gasteiger partial charge on any atom is 0.136 e. The molecule has 0 spiro atoms. The number of aliphatic hydroxyl groups is 1. The van der Waals surface area contributed by atoms with E-state index in [4.69, 9.17) is 4.42 Å². The Bertz CT molecular complexity index is 628. The Balaban J connectivity index is 2.04. The van der Waals surface area contributed by atoms with Crippen LogP contribution in [0.3, 0.4) is 0 Å². The number of nitrogens with one attached hydrogen (secondary N) is 1. The van der Waals surface area contributed by atoms with Gasteiger partial charge < -0.3 is 14.8 Å². The van der Waals surface area contributed by atoms with Crippen LogP contribution < -0.4 is 5.32 Å². The maximum absolute atomic E-state index is 10.6. The van der Waals surface area contributed by atoms with Crippen LogP contribution in [0.4, 0.5) is 0 Å². The Kier molecular flexibility index (Phi) is 5.10. The first kappa shape index (κ1) is 17.2. The summed E-state index contributed by atoms with van der Waals surface area (Å²) in [5.74, 6) is 1.84. The largest absolute Gasteiger partial charge is 0.463 e. The van der Waals surface area contributed by atoms with Crippen molar-refractivity contribution in [2.45, 2.75) is 59.1 Å². The summed E-state index contributed by atoms with van der Waals surface area (Å²) in [6, 6.07) is 3.85. The number of aryl methyl sites for hydroxylation is 2. The molecule has 0 aliphatic rings. The van der Waals surface area contributed by atoms with Gasteiger partial charge in [0, 0.05) is 23.4 Å². The lowest BCUT2D eigenvalue weighted by molar-refractivity contribution is 0.0313. The van der Waals surface area contributed by atoms with Crippen molar-refractivity contribution in [2.75, 3.05) is 6.54 Å². The fourth-order valence-corrected chi connectivity index (χ4v) is 3.43. The Morgan fingerprint density at radius 2 is 2.00 bits per heavy atom. The normalized spacial score (nSPS) is 16.0. The van der Waals surface area contributed by atoms with E-state index in [1.165, 1.54) is 4.88 Å². The van der Waals surface area contributed by atoms with E-state index in [1.54, 1.807) is 18.3 Å². The van der Waals surface area contributed by atoms with Crippen LogP contribution in [-0.4, -0.2) is 16.6 Å². The van der Waals surface area contributed by atoms with E-state index in [2.05, 4.69) is 31.1 Å². The molecule has 2 rings (SSSR count). The summed E-state index contributed by atoms with van der Waals surface area (Å²) in [7, 11) is 0. The second-order valence-electron chi connectivity index (χ2n) is 6.44. The standard InChI is InChI=1S/C17H26N2O2S/c1-10(2)16-19-13(5)15(22-16)12(4)18-9-17(6,20)14-8-7-11(3)21-14/h7-8,10,12,18,20H,9H2,1-6H3. The van der Waals surface area contributed by atoms with Crippen LogP contribution in [0.1, 0.15) is 66.8 Å². The Labute approximate surface area is 136 Å². The van der Waals surface area contributed by atoms with Crippen LogP contribution in [0.25, 0.3) is 0 Å². The monoisotopic (exact) mass is 322 g/mol. The van der Waals surface area contributed by atoms with E-state index in [0.717, 1.165) is 16.5 Å². The molecule has 22 heavy (non-hydrogen) atoms. The van der Waals surface area contributed by atoms with Crippen molar-refractivity contribution in [2.24, 2.45) is 0 Å². The highest BCUT2D eigenvalue weighted by molar-refractivity contribution is 7.11. The van der Waals surface area contributed by atoms with Gasteiger partial charge in [0.15, 0.2) is 0 Å². The molecule has 5 heteroatoms. The summed E-state index contributed by atoms with van der Waals surface area (Å²) in [4.78, 5) is 5.87. The highest BCUT2D eigenvalue weighted by atomic mass is 32.1. The number of thiazole rings is 1. The van der Waals surface area contributed by atoms with Gasteiger partial charge >= 0.3 is 0 Å². The lowest BCUT2D eigenvalue weighted by atomic mass is 10.0. The molecule has 0 saturated carbocycles. The first-order valence-electron chi connectivity index (χ1n) is 7.70. The van der Waals surface area contributed by atoms with Crippen molar-refractivity contribution in [3.63, 3.8) is 0 Å². The zero-order valence-corrected chi connectivity index (χ0v) is 15.0. The van der Waals surface area contributed by atoms with Crippen molar-refractivity contribution in [3.8, 4) is 0 Å². The van der Waals surface area contributed by atoms with Crippen LogP contribution in [0.15, 0.2) is 16.5 Å². The quantitative estimate of drug-likeness (QED) is 0.843. The third-order valence-corrected chi connectivity index (χ3v) is 5.40. The minimum Gasteiger partial charge on any atom is -0.463 e. The molecule has 122 valence electrons. The number of aromatic nitrogens is 1. The van der Waals surface area contributed by atoms with Gasteiger partial charge in [-0.25, -0.2) is 4.98 Å². The van der Waals surface area contributed by atoms with Crippen molar-refractivity contribution < 1.29 is 9.52 Å². The van der Waals surface area contributed by atoms with Gasteiger partial charge in [-0.3, -0.25) is 0 Å². The number of furan rings is 1. The van der Waals surface area contributed by atoms with Crippen LogP contribution in [0, 0.1) is 13.8 Å². The predicted octanol–water partition coefficient (Wildman–Crippen LogP) is 4.03. The Morgan fingerprint density at radius 1 is 1.32 bits per heavy atom. The van der Waals surface area contributed by atoms with E-state index in [9.17, 15) is 5.11 Å². The zero-order valence-electron chi connectivity index (χ0n) is 14.2. The predicted molar refractivity (Wildman–Crippen MR) is 90.4 cm³/mol. The van der Waals surface area contributed by atoms with Crippen molar-refractivity contribution >= 4 is 11.3 Å². The highest BCUT2D eigenvalue weighted by Crippen LogP contribution is 2.30. The molecular weight excluding hydrogens is 296 g/mol. The SMILES string of the molecule is Cc1ccc(C(C)(O)CNC(C)c2sc(C(C)C)nc2C)o1. The van der Waals surface area contributed by atoms with E-state index < -0.39 is 5.60 Å². The van der Waals surface area contributed by atoms with E-state index >= 15 is 0 Å². The summed E-state index contributed by atoms with van der Waals surface area (Å²) in [6.45, 7) is 12.5. The minimum absolute atomic E-state index is 0.146. The molecule has 0 amide bonds. The van der Waals surface area contributed by atoms with Gasteiger partial charge in [0.05, 0.1) is 10.7 Å². The van der Waals surface area contributed by atoms with Crippen LogP contribution in [0.2, 0.25) is 0 Å². The van der Waals surface area contributed by atoms with E-state index in [1.807, 2.05) is 26.0 Å². The fourth-order valence-electron chi connectivity index (χ4n) is 2.33. The number of rotatable bonds is 6. The summed E-state index contributed by atoms with van der Waals surface area (Å²) in [5.41, 5.74) is 0.0457.